The number of hydrogen-bond donors (Lipinski definition) is 2. The largest absolute Gasteiger partial charge is 0.399 e. The molecule has 1 aliphatic rings. The lowest BCUT2D eigenvalue weighted by atomic mass is 10.1. The number of amides is 1. The first kappa shape index (κ1) is 14.9. The predicted octanol–water partition coefficient (Wildman–Crippen LogP) is 2.86. The maximum atomic E-state index is 12.1. The van der Waals surface area contributed by atoms with Gasteiger partial charge in [0.1, 0.15) is 0 Å². The number of hydrogen-bond acceptors (Lipinski definition) is 3. The molecule has 1 aromatic carbocycles. The van der Waals surface area contributed by atoms with Crippen molar-refractivity contribution in [1.82, 2.24) is 4.90 Å². The van der Waals surface area contributed by atoms with Crippen LogP contribution < -0.4 is 11.1 Å². The zero-order valence-corrected chi connectivity index (χ0v) is 12.3. The summed E-state index contributed by atoms with van der Waals surface area (Å²) in [4.78, 5) is 14.2. The molecule has 2 rings (SSSR count). The van der Waals surface area contributed by atoms with E-state index in [0.29, 0.717) is 18.3 Å². The highest BCUT2D eigenvalue weighted by Crippen LogP contribution is 2.21. The van der Waals surface area contributed by atoms with Gasteiger partial charge in [0.25, 0.3) is 0 Å². The first-order chi connectivity index (χ1) is 9.65. The van der Waals surface area contributed by atoms with Gasteiger partial charge in [0.15, 0.2) is 0 Å². The van der Waals surface area contributed by atoms with Crippen LogP contribution in [-0.2, 0) is 4.79 Å². The fourth-order valence-electron chi connectivity index (χ4n) is 2.82. The molecule has 0 heterocycles. The van der Waals surface area contributed by atoms with Crippen LogP contribution in [0.15, 0.2) is 24.3 Å². The van der Waals surface area contributed by atoms with Gasteiger partial charge < -0.3 is 11.1 Å². The summed E-state index contributed by atoms with van der Waals surface area (Å²) in [5.74, 6) is 0.0431. The molecule has 0 unspecified atom stereocenters. The highest BCUT2D eigenvalue weighted by atomic mass is 16.2. The Balaban J connectivity index is 1.82. The van der Waals surface area contributed by atoms with Gasteiger partial charge in [-0.15, -0.1) is 0 Å². The maximum absolute atomic E-state index is 12.1. The average molecular weight is 275 g/mol. The van der Waals surface area contributed by atoms with Crippen LogP contribution in [0.1, 0.15) is 38.5 Å². The van der Waals surface area contributed by atoms with E-state index >= 15 is 0 Å². The van der Waals surface area contributed by atoms with Crippen LogP contribution in [0.3, 0.4) is 0 Å². The van der Waals surface area contributed by atoms with Gasteiger partial charge in [0, 0.05) is 17.4 Å². The Morgan fingerprint density at radius 3 is 2.40 bits per heavy atom. The van der Waals surface area contributed by atoms with Crippen LogP contribution in [0.2, 0.25) is 0 Å². The van der Waals surface area contributed by atoms with E-state index in [2.05, 4.69) is 17.3 Å². The van der Waals surface area contributed by atoms with E-state index in [-0.39, 0.29) is 5.91 Å². The van der Waals surface area contributed by atoms with Crippen molar-refractivity contribution in [1.29, 1.82) is 0 Å². The molecule has 3 N–H and O–H groups in total. The standard InChI is InChI=1S/C16H25N3O/c1-19(15-6-4-2-3-5-7-15)12-16(20)18-14-10-8-13(17)9-11-14/h8-11,15H,2-7,12,17H2,1H3,(H,18,20). The molecule has 1 aromatic rings. The molecular formula is C16H25N3O. The number of nitrogens with zero attached hydrogens (tertiary/aromatic N) is 1. The Labute approximate surface area is 121 Å². The van der Waals surface area contributed by atoms with Gasteiger partial charge in [-0.2, -0.15) is 0 Å². The third kappa shape index (κ3) is 4.53. The smallest absolute Gasteiger partial charge is 0.238 e. The Bertz CT molecular complexity index is 422. The predicted molar refractivity (Wildman–Crippen MR) is 83.6 cm³/mol. The van der Waals surface area contributed by atoms with Crippen molar-refractivity contribution in [2.75, 3.05) is 24.6 Å². The second-order valence-electron chi connectivity index (χ2n) is 5.73. The Morgan fingerprint density at radius 2 is 1.80 bits per heavy atom. The monoisotopic (exact) mass is 275 g/mol. The van der Waals surface area contributed by atoms with E-state index in [9.17, 15) is 4.79 Å². The van der Waals surface area contributed by atoms with Crippen LogP contribution in [0.25, 0.3) is 0 Å². The summed E-state index contributed by atoms with van der Waals surface area (Å²) >= 11 is 0. The second-order valence-corrected chi connectivity index (χ2v) is 5.73. The molecule has 0 radical (unpaired) electrons. The number of carbonyl (C=O) groups is 1. The van der Waals surface area contributed by atoms with Crippen molar-refractivity contribution in [3.8, 4) is 0 Å². The van der Waals surface area contributed by atoms with Crippen molar-refractivity contribution in [3.05, 3.63) is 24.3 Å². The Kier molecular flexibility index (Phi) is 5.41. The lowest BCUT2D eigenvalue weighted by Crippen LogP contribution is -2.37. The Hall–Kier alpha value is -1.55. The summed E-state index contributed by atoms with van der Waals surface area (Å²) in [5.41, 5.74) is 7.14. The molecule has 0 spiro atoms. The number of likely N-dealkylation sites (N-methyl/N-ethyl adjacent to an activating group) is 1. The van der Waals surface area contributed by atoms with E-state index in [1.165, 1.54) is 38.5 Å². The lowest BCUT2D eigenvalue weighted by Gasteiger charge is -2.26. The molecule has 110 valence electrons. The van der Waals surface area contributed by atoms with E-state index in [1.807, 2.05) is 12.1 Å². The van der Waals surface area contributed by atoms with Crippen molar-refractivity contribution in [2.24, 2.45) is 0 Å². The minimum absolute atomic E-state index is 0.0431. The summed E-state index contributed by atoms with van der Waals surface area (Å²) in [7, 11) is 2.05. The number of nitrogens with one attached hydrogen (secondary N) is 1. The maximum Gasteiger partial charge on any atom is 0.238 e. The Morgan fingerprint density at radius 1 is 1.20 bits per heavy atom. The number of carbonyl (C=O) groups excluding carboxylic acids is 1. The first-order valence-electron chi connectivity index (χ1n) is 7.51. The fraction of sp³-hybridized carbons (Fsp3) is 0.562. The van der Waals surface area contributed by atoms with Crippen molar-refractivity contribution in [3.63, 3.8) is 0 Å². The average Bonchev–Trinajstić information content (AvgIpc) is 2.70. The topological polar surface area (TPSA) is 58.4 Å². The van der Waals surface area contributed by atoms with Gasteiger partial charge in [-0.25, -0.2) is 0 Å². The number of nitrogens with two attached hydrogens (primary N) is 1. The van der Waals surface area contributed by atoms with Crippen LogP contribution >= 0.6 is 0 Å². The van der Waals surface area contributed by atoms with Crippen LogP contribution in [0.4, 0.5) is 11.4 Å². The van der Waals surface area contributed by atoms with Gasteiger partial charge >= 0.3 is 0 Å². The van der Waals surface area contributed by atoms with Crippen LogP contribution in [0, 0.1) is 0 Å². The molecule has 1 fully saturated rings. The third-order valence-electron chi connectivity index (χ3n) is 4.04. The molecule has 1 aliphatic carbocycles. The number of benzene rings is 1. The zero-order valence-electron chi connectivity index (χ0n) is 12.3. The molecule has 4 nitrogen and oxygen atoms in total. The highest BCUT2D eigenvalue weighted by Gasteiger charge is 2.18. The molecule has 20 heavy (non-hydrogen) atoms. The van der Waals surface area contributed by atoms with E-state index in [1.54, 1.807) is 12.1 Å². The minimum atomic E-state index is 0.0431. The van der Waals surface area contributed by atoms with E-state index in [4.69, 9.17) is 5.73 Å². The van der Waals surface area contributed by atoms with Gasteiger partial charge in [-0.05, 0) is 44.2 Å². The van der Waals surface area contributed by atoms with Gasteiger partial charge in [0.2, 0.25) is 5.91 Å². The molecular weight excluding hydrogens is 250 g/mol. The van der Waals surface area contributed by atoms with E-state index < -0.39 is 0 Å². The highest BCUT2D eigenvalue weighted by molar-refractivity contribution is 5.92. The van der Waals surface area contributed by atoms with Crippen molar-refractivity contribution < 1.29 is 4.79 Å². The number of rotatable bonds is 4. The van der Waals surface area contributed by atoms with Crippen molar-refractivity contribution in [2.45, 2.75) is 44.6 Å². The third-order valence-corrected chi connectivity index (χ3v) is 4.04. The fourth-order valence-corrected chi connectivity index (χ4v) is 2.82. The number of anilines is 2. The molecule has 1 saturated carbocycles. The van der Waals surface area contributed by atoms with Crippen LogP contribution in [-0.4, -0.2) is 30.4 Å². The summed E-state index contributed by atoms with van der Waals surface area (Å²) in [6.07, 6.45) is 7.67. The summed E-state index contributed by atoms with van der Waals surface area (Å²) in [6, 6.07) is 7.81. The molecule has 4 heteroatoms. The normalized spacial score (nSPS) is 16.9. The molecule has 0 bridgehead atoms. The zero-order chi connectivity index (χ0) is 14.4. The summed E-state index contributed by atoms with van der Waals surface area (Å²) < 4.78 is 0. The first-order valence-corrected chi connectivity index (χ1v) is 7.51. The molecule has 0 atom stereocenters. The van der Waals surface area contributed by atoms with Gasteiger partial charge in [-0.1, -0.05) is 25.7 Å². The van der Waals surface area contributed by atoms with Gasteiger partial charge in [-0.3, -0.25) is 9.69 Å². The van der Waals surface area contributed by atoms with Gasteiger partial charge in [0.05, 0.1) is 6.54 Å². The SMILES string of the molecule is CN(CC(=O)Nc1ccc(N)cc1)C1CCCCCC1. The second kappa shape index (κ2) is 7.29. The van der Waals surface area contributed by atoms with Crippen LogP contribution in [0.5, 0.6) is 0 Å². The lowest BCUT2D eigenvalue weighted by molar-refractivity contribution is -0.117. The quantitative estimate of drug-likeness (QED) is 0.656. The number of nitrogen functional groups attached to an aromatic ring is 1. The summed E-state index contributed by atoms with van der Waals surface area (Å²) in [5, 5.41) is 2.92. The molecule has 0 saturated heterocycles. The molecule has 0 aliphatic heterocycles. The van der Waals surface area contributed by atoms with E-state index in [0.717, 1.165) is 5.69 Å². The minimum Gasteiger partial charge on any atom is -0.399 e. The molecule has 1 amide bonds. The van der Waals surface area contributed by atoms with Crippen molar-refractivity contribution >= 4 is 17.3 Å². The molecule has 0 aromatic heterocycles. The summed E-state index contributed by atoms with van der Waals surface area (Å²) in [6.45, 7) is 0.453.